The van der Waals surface area contributed by atoms with Crippen LogP contribution in [0.2, 0.25) is 5.02 Å². The largest absolute Gasteiger partial charge is 0.279 e. The molecular weight excluding hydrogens is 300 g/mol. The number of rotatable bonds is 5. The number of aromatic nitrogens is 4. The number of halogens is 1. The maximum atomic E-state index is 5.83. The van der Waals surface area contributed by atoms with E-state index in [1.54, 1.807) is 23.0 Å². The molecule has 2 aromatic carbocycles. The molecule has 0 aliphatic heterocycles. The van der Waals surface area contributed by atoms with Crippen LogP contribution in [-0.4, -0.2) is 26.4 Å². The Labute approximate surface area is 132 Å². The van der Waals surface area contributed by atoms with Gasteiger partial charge in [-0.05, 0) is 46.8 Å². The topological polar surface area (TPSA) is 68.0 Å². The van der Waals surface area contributed by atoms with Crippen LogP contribution in [0.25, 0.3) is 5.69 Å². The van der Waals surface area contributed by atoms with Crippen molar-refractivity contribution in [2.24, 2.45) is 5.10 Å². The molecule has 1 aromatic heterocycles. The number of benzene rings is 2. The van der Waals surface area contributed by atoms with Crippen LogP contribution in [0.1, 0.15) is 5.82 Å². The van der Waals surface area contributed by atoms with Crippen LogP contribution in [-0.2, 0) is 6.42 Å². The number of tetrazole rings is 1. The number of hydrogen-bond donors (Lipinski definition) is 1. The van der Waals surface area contributed by atoms with E-state index in [4.69, 9.17) is 11.6 Å². The molecule has 0 atom stereocenters. The molecule has 0 saturated carbocycles. The lowest BCUT2D eigenvalue weighted by molar-refractivity contribution is 0.776. The zero-order chi connectivity index (χ0) is 15.2. The Bertz CT molecular complexity index is 751. The molecule has 0 bridgehead atoms. The smallest absolute Gasteiger partial charge is 0.162 e. The van der Waals surface area contributed by atoms with Crippen molar-refractivity contribution in [3.8, 4) is 5.69 Å². The van der Waals surface area contributed by atoms with Crippen LogP contribution >= 0.6 is 11.6 Å². The lowest BCUT2D eigenvalue weighted by Crippen LogP contribution is -2.04. The monoisotopic (exact) mass is 312 g/mol. The third-order valence-electron chi connectivity index (χ3n) is 2.94. The number of nitrogens with one attached hydrogen (secondary N) is 1. The molecule has 7 heteroatoms. The Kier molecular flexibility index (Phi) is 4.41. The Morgan fingerprint density at radius 3 is 2.64 bits per heavy atom. The SMILES string of the molecule is Clc1ccc(N/N=C\Cc2nnnn2-c2ccccc2)cc1. The van der Waals surface area contributed by atoms with Crippen LogP contribution in [0, 0.1) is 0 Å². The average Bonchev–Trinajstić information content (AvgIpc) is 3.02. The molecular formula is C15H13ClN6. The predicted molar refractivity (Wildman–Crippen MR) is 86.4 cm³/mol. The van der Waals surface area contributed by atoms with Gasteiger partial charge in [0, 0.05) is 17.7 Å². The van der Waals surface area contributed by atoms with Crippen molar-refractivity contribution >= 4 is 23.5 Å². The second kappa shape index (κ2) is 6.82. The van der Waals surface area contributed by atoms with Gasteiger partial charge >= 0.3 is 0 Å². The van der Waals surface area contributed by atoms with Gasteiger partial charge in [0.25, 0.3) is 0 Å². The van der Waals surface area contributed by atoms with Gasteiger partial charge in [0.1, 0.15) is 0 Å². The molecule has 1 heterocycles. The van der Waals surface area contributed by atoms with E-state index < -0.39 is 0 Å². The first kappa shape index (κ1) is 14.2. The van der Waals surface area contributed by atoms with Crippen molar-refractivity contribution in [3.05, 3.63) is 65.4 Å². The summed E-state index contributed by atoms with van der Waals surface area (Å²) in [4.78, 5) is 0. The Hall–Kier alpha value is -2.73. The maximum Gasteiger partial charge on any atom is 0.162 e. The minimum absolute atomic E-state index is 0.516. The van der Waals surface area contributed by atoms with Crippen molar-refractivity contribution in [1.29, 1.82) is 0 Å². The Morgan fingerprint density at radius 2 is 1.86 bits per heavy atom. The highest BCUT2D eigenvalue weighted by atomic mass is 35.5. The van der Waals surface area contributed by atoms with Crippen molar-refractivity contribution in [1.82, 2.24) is 20.2 Å². The molecule has 0 amide bonds. The summed E-state index contributed by atoms with van der Waals surface area (Å²) in [5.41, 5.74) is 4.71. The van der Waals surface area contributed by atoms with Crippen LogP contribution in [0.3, 0.4) is 0 Å². The van der Waals surface area contributed by atoms with Crippen LogP contribution in [0.5, 0.6) is 0 Å². The van der Waals surface area contributed by atoms with Crippen molar-refractivity contribution in [2.75, 3.05) is 5.43 Å². The number of anilines is 1. The van der Waals surface area contributed by atoms with E-state index in [0.29, 0.717) is 17.3 Å². The van der Waals surface area contributed by atoms with Crippen molar-refractivity contribution in [2.45, 2.75) is 6.42 Å². The average molecular weight is 313 g/mol. The van der Waals surface area contributed by atoms with Gasteiger partial charge in [-0.25, -0.2) is 0 Å². The third-order valence-corrected chi connectivity index (χ3v) is 3.19. The highest BCUT2D eigenvalue weighted by molar-refractivity contribution is 6.30. The second-order valence-electron chi connectivity index (χ2n) is 4.48. The summed E-state index contributed by atoms with van der Waals surface area (Å²) in [5.74, 6) is 0.716. The quantitative estimate of drug-likeness (QED) is 0.581. The normalized spacial score (nSPS) is 11.0. The van der Waals surface area contributed by atoms with Gasteiger partial charge in [-0.2, -0.15) is 9.78 Å². The zero-order valence-corrected chi connectivity index (χ0v) is 12.4. The summed E-state index contributed by atoms with van der Waals surface area (Å²) in [5, 5.41) is 16.6. The number of nitrogens with zero attached hydrogens (tertiary/aromatic N) is 5. The van der Waals surface area contributed by atoms with E-state index in [1.807, 2.05) is 42.5 Å². The summed E-state index contributed by atoms with van der Waals surface area (Å²) >= 11 is 5.83. The van der Waals surface area contributed by atoms with E-state index in [-0.39, 0.29) is 0 Å². The third kappa shape index (κ3) is 3.48. The summed E-state index contributed by atoms with van der Waals surface area (Å²) in [7, 11) is 0. The second-order valence-corrected chi connectivity index (χ2v) is 4.91. The number of hydrogen-bond acceptors (Lipinski definition) is 5. The molecule has 0 aliphatic rings. The molecule has 22 heavy (non-hydrogen) atoms. The minimum Gasteiger partial charge on any atom is -0.279 e. The molecule has 0 radical (unpaired) electrons. The lowest BCUT2D eigenvalue weighted by Gasteiger charge is -2.02. The van der Waals surface area contributed by atoms with Crippen molar-refractivity contribution < 1.29 is 0 Å². The Balaban J connectivity index is 1.64. The zero-order valence-electron chi connectivity index (χ0n) is 11.6. The first-order chi connectivity index (χ1) is 10.8. The highest BCUT2D eigenvalue weighted by Crippen LogP contribution is 2.13. The number of para-hydroxylation sites is 1. The minimum atomic E-state index is 0.516. The molecule has 6 nitrogen and oxygen atoms in total. The van der Waals surface area contributed by atoms with E-state index in [0.717, 1.165) is 11.4 Å². The van der Waals surface area contributed by atoms with Crippen LogP contribution < -0.4 is 5.43 Å². The van der Waals surface area contributed by atoms with Crippen LogP contribution in [0.15, 0.2) is 59.7 Å². The fourth-order valence-electron chi connectivity index (χ4n) is 1.87. The van der Waals surface area contributed by atoms with E-state index in [9.17, 15) is 0 Å². The van der Waals surface area contributed by atoms with Gasteiger partial charge in [-0.1, -0.05) is 29.8 Å². The summed E-state index contributed by atoms with van der Waals surface area (Å²) in [6, 6.07) is 17.0. The van der Waals surface area contributed by atoms with Gasteiger partial charge < -0.3 is 0 Å². The molecule has 0 unspecified atom stereocenters. The van der Waals surface area contributed by atoms with Gasteiger partial charge in [0.05, 0.1) is 11.4 Å². The molecule has 0 fully saturated rings. The van der Waals surface area contributed by atoms with Gasteiger partial charge in [-0.3, -0.25) is 5.43 Å². The predicted octanol–water partition coefficient (Wildman–Crippen LogP) is 2.96. The van der Waals surface area contributed by atoms with Crippen molar-refractivity contribution in [3.63, 3.8) is 0 Å². The van der Waals surface area contributed by atoms with Crippen LogP contribution in [0.4, 0.5) is 5.69 Å². The van der Waals surface area contributed by atoms with E-state index in [2.05, 4.69) is 26.1 Å². The highest BCUT2D eigenvalue weighted by Gasteiger charge is 2.05. The van der Waals surface area contributed by atoms with E-state index >= 15 is 0 Å². The van der Waals surface area contributed by atoms with Gasteiger partial charge in [-0.15, -0.1) is 5.10 Å². The fraction of sp³-hybridized carbons (Fsp3) is 0.0667. The van der Waals surface area contributed by atoms with Gasteiger partial charge in [0.2, 0.25) is 0 Å². The fourth-order valence-corrected chi connectivity index (χ4v) is 2.00. The van der Waals surface area contributed by atoms with Gasteiger partial charge in [0.15, 0.2) is 5.82 Å². The first-order valence-corrected chi connectivity index (χ1v) is 7.06. The van der Waals surface area contributed by atoms with E-state index in [1.165, 1.54) is 0 Å². The molecule has 1 N–H and O–H groups in total. The maximum absolute atomic E-state index is 5.83. The summed E-state index contributed by atoms with van der Waals surface area (Å²) in [6.07, 6.45) is 2.24. The lowest BCUT2D eigenvalue weighted by atomic mass is 10.3. The molecule has 3 aromatic rings. The number of hydrazone groups is 1. The summed E-state index contributed by atoms with van der Waals surface area (Å²) < 4.78 is 1.69. The molecule has 3 rings (SSSR count). The molecule has 0 spiro atoms. The first-order valence-electron chi connectivity index (χ1n) is 6.69. The Morgan fingerprint density at radius 1 is 1.09 bits per heavy atom. The molecule has 0 saturated heterocycles. The summed E-state index contributed by atoms with van der Waals surface area (Å²) in [6.45, 7) is 0. The standard InChI is InChI=1S/C15H13ClN6/c16-12-6-8-13(9-7-12)18-17-11-10-15-19-20-21-22(15)14-4-2-1-3-5-14/h1-9,11,18H,10H2/b17-11-. The molecule has 110 valence electrons. The molecule has 0 aliphatic carbocycles.